The van der Waals surface area contributed by atoms with Crippen molar-refractivity contribution in [3.8, 4) is 0 Å². The molecule has 0 saturated carbocycles. The molecule has 0 radical (unpaired) electrons. The van der Waals surface area contributed by atoms with E-state index in [4.69, 9.17) is 0 Å². The average Bonchev–Trinajstić information content (AvgIpc) is 3.41. The van der Waals surface area contributed by atoms with Gasteiger partial charge in [-0.3, -0.25) is 14.2 Å². The number of hydrogen-bond donors (Lipinski definition) is 1. The van der Waals surface area contributed by atoms with Crippen molar-refractivity contribution in [1.29, 1.82) is 0 Å². The minimum Gasteiger partial charge on any atom is -0.322 e. The molecule has 0 aliphatic rings. The topological polar surface area (TPSA) is 64.7 Å². The summed E-state index contributed by atoms with van der Waals surface area (Å²) in [5.74, 6) is -0.680. The second-order valence-corrected chi connectivity index (χ2v) is 7.27. The Hall–Kier alpha value is -3.69. The van der Waals surface area contributed by atoms with Gasteiger partial charge >= 0.3 is 0 Å². The molecule has 0 bridgehead atoms. The Morgan fingerprint density at radius 2 is 1.81 bits per heavy atom. The highest BCUT2D eigenvalue weighted by Crippen LogP contribution is 2.28. The summed E-state index contributed by atoms with van der Waals surface area (Å²) in [7, 11) is 0. The Balaban J connectivity index is 1.49. The number of carbonyl (C=O) groups excluding carboxylic acids is 1. The van der Waals surface area contributed by atoms with Gasteiger partial charge in [0.05, 0.1) is 18.4 Å². The molecule has 0 fully saturated rings. The Labute approximate surface area is 180 Å². The number of halogens is 4. The fraction of sp³-hybridized carbons (Fsp3) is 0.227. The highest BCUT2D eigenvalue weighted by Gasteiger charge is 2.27. The van der Waals surface area contributed by atoms with Gasteiger partial charge in [-0.25, -0.2) is 17.6 Å². The molecule has 1 amide bonds. The summed E-state index contributed by atoms with van der Waals surface area (Å²) >= 11 is 0. The summed E-state index contributed by atoms with van der Waals surface area (Å²) in [6.07, 6.45) is -3.03. The maximum absolute atomic E-state index is 13.2. The third kappa shape index (κ3) is 4.34. The van der Waals surface area contributed by atoms with Crippen LogP contribution in [0.4, 0.5) is 23.2 Å². The second kappa shape index (κ2) is 8.81. The number of amides is 1. The van der Waals surface area contributed by atoms with Crippen molar-refractivity contribution in [2.24, 2.45) is 0 Å². The van der Waals surface area contributed by atoms with Crippen LogP contribution in [0, 0.1) is 0 Å². The molecule has 0 aliphatic carbocycles. The molecule has 0 saturated heterocycles. The third-order valence-corrected chi connectivity index (χ3v) is 5.09. The van der Waals surface area contributed by atoms with Gasteiger partial charge in [0.25, 0.3) is 12.9 Å². The highest BCUT2D eigenvalue weighted by molar-refractivity contribution is 5.93. The number of nitrogens with zero attached hydrogens (tertiary/aromatic N) is 4. The van der Waals surface area contributed by atoms with Crippen molar-refractivity contribution >= 4 is 22.4 Å². The van der Waals surface area contributed by atoms with E-state index in [1.54, 1.807) is 10.9 Å². The lowest BCUT2D eigenvalue weighted by molar-refractivity contribution is -0.119. The van der Waals surface area contributed by atoms with E-state index in [1.807, 2.05) is 42.5 Å². The molecule has 166 valence electrons. The molecule has 6 nitrogen and oxygen atoms in total. The van der Waals surface area contributed by atoms with Crippen LogP contribution in [0.1, 0.15) is 42.8 Å². The highest BCUT2D eigenvalue weighted by atomic mass is 19.3. The van der Waals surface area contributed by atoms with Crippen molar-refractivity contribution in [3.63, 3.8) is 0 Å². The summed E-state index contributed by atoms with van der Waals surface area (Å²) in [6, 6.07) is 13.3. The molecule has 2 aromatic heterocycles. The van der Waals surface area contributed by atoms with Crippen molar-refractivity contribution in [2.45, 2.75) is 32.4 Å². The summed E-state index contributed by atoms with van der Waals surface area (Å²) in [4.78, 5) is 12.6. The molecule has 2 heterocycles. The number of rotatable bonds is 7. The van der Waals surface area contributed by atoms with Gasteiger partial charge < -0.3 is 5.32 Å². The Bertz CT molecular complexity index is 1240. The lowest BCUT2D eigenvalue weighted by atomic mass is 10.0. The second-order valence-electron chi connectivity index (χ2n) is 7.27. The van der Waals surface area contributed by atoms with E-state index in [0.717, 1.165) is 16.3 Å². The van der Waals surface area contributed by atoms with Crippen LogP contribution in [-0.2, 0) is 11.3 Å². The predicted octanol–water partition coefficient (Wildman–Crippen LogP) is 5.36. The smallest absolute Gasteiger partial charge is 0.282 e. The standard InChI is InChI=1S/C22H19F4N5O/c1-13(31-19(21(25)26)9-18(29-31)20(23)24)22(32)28-16-10-27-30(12-16)11-15-7-4-6-14-5-2-3-8-17(14)15/h2-10,12-13,20-21H,11H2,1H3,(H,28,32). The summed E-state index contributed by atoms with van der Waals surface area (Å²) in [5, 5.41) is 12.5. The number of carbonyl (C=O) groups is 1. The molecular weight excluding hydrogens is 426 g/mol. The van der Waals surface area contributed by atoms with E-state index in [2.05, 4.69) is 15.5 Å². The first kappa shape index (κ1) is 21.5. The molecular formula is C22H19F4N5O. The summed E-state index contributed by atoms with van der Waals surface area (Å²) in [5.41, 5.74) is -0.158. The molecule has 0 spiro atoms. The first-order valence-corrected chi connectivity index (χ1v) is 9.79. The van der Waals surface area contributed by atoms with E-state index < -0.39 is 36.2 Å². The Morgan fingerprint density at radius 3 is 2.56 bits per heavy atom. The van der Waals surface area contributed by atoms with Crippen LogP contribution in [-0.4, -0.2) is 25.5 Å². The van der Waals surface area contributed by atoms with Gasteiger partial charge in [-0.1, -0.05) is 42.5 Å². The zero-order chi connectivity index (χ0) is 22.8. The van der Waals surface area contributed by atoms with Gasteiger partial charge in [-0.15, -0.1) is 0 Å². The number of fused-ring (bicyclic) bond motifs is 1. The number of nitrogens with one attached hydrogen (secondary N) is 1. The van der Waals surface area contributed by atoms with E-state index in [0.29, 0.717) is 23.0 Å². The van der Waals surface area contributed by atoms with Crippen molar-refractivity contribution in [1.82, 2.24) is 19.6 Å². The van der Waals surface area contributed by atoms with Crippen molar-refractivity contribution < 1.29 is 22.4 Å². The molecule has 1 N–H and O–H groups in total. The van der Waals surface area contributed by atoms with Crippen LogP contribution >= 0.6 is 0 Å². The molecule has 32 heavy (non-hydrogen) atoms. The lowest BCUT2D eigenvalue weighted by Gasteiger charge is -2.14. The maximum atomic E-state index is 13.2. The van der Waals surface area contributed by atoms with Crippen LogP contribution in [0.25, 0.3) is 10.8 Å². The van der Waals surface area contributed by atoms with Gasteiger partial charge in [0.2, 0.25) is 5.91 Å². The Morgan fingerprint density at radius 1 is 1.06 bits per heavy atom. The lowest BCUT2D eigenvalue weighted by Crippen LogP contribution is -2.25. The van der Waals surface area contributed by atoms with E-state index in [9.17, 15) is 22.4 Å². The van der Waals surface area contributed by atoms with E-state index >= 15 is 0 Å². The van der Waals surface area contributed by atoms with Gasteiger partial charge in [0, 0.05) is 6.20 Å². The largest absolute Gasteiger partial charge is 0.322 e. The van der Waals surface area contributed by atoms with Crippen molar-refractivity contribution in [2.75, 3.05) is 5.32 Å². The molecule has 4 aromatic rings. The molecule has 0 aliphatic heterocycles. The summed E-state index contributed by atoms with van der Waals surface area (Å²) < 4.78 is 54.5. The first-order valence-electron chi connectivity index (χ1n) is 9.79. The van der Waals surface area contributed by atoms with Gasteiger partial charge in [-0.05, 0) is 29.3 Å². The average molecular weight is 445 g/mol. The van der Waals surface area contributed by atoms with E-state index in [1.165, 1.54) is 13.1 Å². The fourth-order valence-corrected chi connectivity index (χ4v) is 3.49. The van der Waals surface area contributed by atoms with Crippen LogP contribution < -0.4 is 5.32 Å². The number of hydrogen-bond acceptors (Lipinski definition) is 3. The van der Waals surface area contributed by atoms with Crippen molar-refractivity contribution in [3.05, 3.63) is 77.9 Å². The van der Waals surface area contributed by atoms with Crippen LogP contribution in [0.15, 0.2) is 60.9 Å². The zero-order valence-corrected chi connectivity index (χ0v) is 16.9. The molecule has 2 aromatic carbocycles. The SMILES string of the molecule is CC(C(=O)Nc1cnn(Cc2cccc3ccccc23)c1)n1nc(C(F)F)cc1C(F)F. The fourth-order valence-electron chi connectivity index (χ4n) is 3.49. The number of anilines is 1. The predicted molar refractivity (Wildman–Crippen MR) is 111 cm³/mol. The molecule has 10 heteroatoms. The zero-order valence-electron chi connectivity index (χ0n) is 16.9. The van der Waals surface area contributed by atoms with Crippen LogP contribution in [0.2, 0.25) is 0 Å². The van der Waals surface area contributed by atoms with Gasteiger partial charge in [0.15, 0.2) is 0 Å². The number of aromatic nitrogens is 4. The number of benzene rings is 2. The minimum atomic E-state index is -3.05. The summed E-state index contributed by atoms with van der Waals surface area (Å²) in [6.45, 7) is 1.77. The quantitative estimate of drug-likeness (QED) is 0.390. The normalized spacial score (nSPS) is 12.6. The Kier molecular flexibility index (Phi) is 5.93. The minimum absolute atomic E-state index is 0.349. The van der Waals surface area contributed by atoms with E-state index in [-0.39, 0.29) is 0 Å². The first-order chi connectivity index (χ1) is 15.3. The van der Waals surface area contributed by atoms with Crippen LogP contribution in [0.5, 0.6) is 0 Å². The maximum Gasteiger partial charge on any atom is 0.282 e. The molecule has 1 atom stereocenters. The molecule has 4 rings (SSSR count). The van der Waals surface area contributed by atoms with Gasteiger partial charge in [0.1, 0.15) is 17.4 Å². The van der Waals surface area contributed by atoms with Crippen LogP contribution in [0.3, 0.4) is 0 Å². The number of alkyl halides is 4. The monoisotopic (exact) mass is 445 g/mol. The third-order valence-electron chi connectivity index (χ3n) is 5.09. The molecule has 1 unspecified atom stereocenters. The van der Waals surface area contributed by atoms with Gasteiger partial charge in [-0.2, -0.15) is 10.2 Å².